The topological polar surface area (TPSA) is 83.8 Å². The van der Waals surface area contributed by atoms with Gasteiger partial charge in [-0.1, -0.05) is 61.8 Å². The number of hydrogen-bond acceptors (Lipinski definition) is 5. The molecule has 4 aliphatic rings. The molecular weight excluding hydrogens is 460 g/mol. The summed E-state index contributed by atoms with van der Waals surface area (Å²) < 4.78 is 31.1. The summed E-state index contributed by atoms with van der Waals surface area (Å²) in [6, 6.07) is 6.81. The Hall–Kier alpha value is -1.47. The van der Waals surface area contributed by atoms with E-state index >= 15 is 0 Å². The van der Waals surface area contributed by atoms with Gasteiger partial charge in [0.15, 0.2) is 0 Å². The fraction of sp³-hybridized carbons (Fsp3) is 0.655. The van der Waals surface area contributed by atoms with Crippen molar-refractivity contribution in [2.24, 2.45) is 34.5 Å². The first-order chi connectivity index (χ1) is 16.5. The Morgan fingerprint density at radius 2 is 1.77 bits per heavy atom. The van der Waals surface area contributed by atoms with Crippen LogP contribution in [0.3, 0.4) is 0 Å². The van der Waals surface area contributed by atoms with Crippen molar-refractivity contribution >= 4 is 10.1 Å². The van der Waals surface area contributed by atoms with Crippen molar-refractivity contribution < 1.29 is 22.8 Å². The van der Waals surface area contributed by atoms with Crippen molar-refractivity contribution in [3.63, 3.8) is 0 Å². The van der Waals surface area contributed by atoms with Gasteiger partial charge in [-0.2, -0.15) is 8.42 Å². The molecule has 192 valence electrons. The highest BCUT2D eigenvalue weighted by atomic mass is 32.2. The van der Waals surface area contributed by atoms with Gasteiger partial charge in [0.1, 0.15) is 0 Å². The minimum absolute atomic E-state index is 0.0968. The third kappa shape index (κ3) is 4.05. The Labute approximate surface area is 210 Å². The van der Waals surface area contributed by atoms with E-state index < -0.39 is 22.3 Å². The fourth-order valence-electron chi connectivity index (χ4n) is 8.11. The first kappa shape index (κ1) is 25.2. The predicted molar refractivity (Wildman–Crippen MR) is 136 cm³/mol. The van der Waals surface area contributed by atoms with E-state index in [0.29, 0.717) is 30.6 Å². The van der Waals surface area contributed by atoms with Crippen LogP contribution in [0.1, 0.15) is 64.9 Å². The SMILES string of the molecule is Cc1ccc(S(=O)(=O)OC[C@@H](C)[C@H]2CC[C@H]3C4=CC=C5C[C@@H](O)C[C@H](O)[C@]5(C)[C@H]4CC[C@]23C)cc1. The van der Waals surface area contributed by atoms with E-state index in [2.05, 4.69) is 32.9 Å². The van der Waals surface area contributed by atoms with Crippen LogP contribution >= 0.6 is 0 Å². The summed E-state index contributed by atoms with van der Waals surface area (Å²) in [6.07, 6.45) is 8.84. The molecule has 0 amide bonds. The van der Waals surface area contributed by atoms with Gasteiger partial charge in [0.25, 0.3) is 10.1 Å². The Bertz CT molecular complexity index is 1140. The van der Waals surface area contributed by atoms with Gasteiger partial charge in [-0.05, 0) is 80.2 Å². The number of aliphatic hydroxyl groups is 2. The zero-order valence-corrected chi connectivity index (χ0v) is 22.2. The van der Waals surface area contributed by atoms with Crippen LogP contribution in [-0.4, -0.2) is 37.4 Å². The highest BCUT2D eigenvalue weighted by Gasteiger charge is 2.58. The molecule has 8 atom stereocenters. The quantitative estimate of drug-likeness (QED) is 0.545. The molecular formula is C29H40O5S. The number of aliphatic hydroxyl groups excluding tert-OH is 2. The smallest absolute Gasteiger partial charge is 0.296 e. The van der Waals surface area contributed by atoms with E-state index in [0.717, 1.165) is 31.2 Å². The number of hydrogen-bond donors (Lipinski definition) is 2. The van der Waals surface area contributed by atoms with E-state index in [4.69, 9.17) is 4.18 Å². The van der Waals surface area contributed by atoms with Crippen LogP contribution in [0.4, 0.5) is 0 Å². The number of rotatable bonds is 5. The first-order valence-corrected chi connectivity index (χ1v) is 14.6. The summed E-state index contributed by atoms with van der Waals surface area (Å²) in [7, 11) is -3.77. The van der Waals surface area contributed by atoms with Gasteiger partial charge in [-0.15, -0.1) is 0 Å². The van der Waals surface area contributed by atoms with Gasteiger partial charge >= 0.3 is 0 Å². The van der Waals surface area contributed by atoms with Crippen LogP contribution in [0.25, 0.3) is 0 Å². The van der Waals surface area contributed by atoms with Gasteiger partial charge in [0.2, 0.25) is 0 Å². The Morgan fingerprint density at radius 3 is 2.49 bits per heavy atom. The molecule has 35 heavy (non-hydrogen) atoms. The van der Waals surface area contributed by atoms with Crippen molar-refractivity contribution in [2.45, 2.75) is 83.3 Å². The standard InChI is InChI=1S/C29H40O5S/c1-18-5-8-22(9-6-18)35(32,33)34-17-19(2)24-11-12-25-23-10-7-20-15-21(30)16-27(31)29(20,4)26(23)13-14-28(24,25)3/h5-10,19,21,24-27,30-31H,11-17H2,1-4H3/t19-,21-,24-,25+,26+,27+,28-,29+/m1/s1. The summed E-state index contributed by atoms with van der Waals surface area (Å²) in [4.78, 5) is 0.214. The van der Waals surface area contributed by atoms with Crippen molar-refractivity contribution in [2.75, 3.05) is 6.61 Å². The Balaban J connectivity index is 1.33. The second-order valence-corrected chi connectivity index (χ2v) is 13.7. The molecule has 0 spiro atoms. The minimum atomic E-state index is -3.77. The number of aryl methyl sites for hydroxylation is 1. The van der Waals surface area contributed by atoms with Crippen LogP contribution in [0, 0.1) is 41.4 Å². The average Bonchev–Trinajstić information content (AvgIpc) is 3.16. The molecule has 0 unspecified atom stereocenters. The summed E-state index contributed by atoms with van der Waals surface area (Å²) in [5.74, 6) is 1.27. The lowest BCUT2D eigenvalue weighted by Gasteiger charge is -2.56. The average molecular weight is 501 g/mol. The van der Waals surface area contributed by atoms with Gasteiger partial charge in [-0.3, -0.25) is 4.18 Å². The van der Waals surface area contributed by atoms with Crippen LogP contribution < -0.4 is 0 Å². The fourth-order valence-corrected chi connectivity index (χ4v) is 9.11. The van der Waals surface area contributed by atoms with Crippen molar-refractivity contribution in [1.82, 2.24) is 0 Å². The predicted octanol–water partition coefficient (Wildman–Crippen LogP) is 5.17. The molecule has 1 aromatic carbocycles. The third-order valence-electron chi connectivity index (χ3n) is 10.2. The Morgan fingerprint density at radius 1 is 1.06 bits per heavy atom. The number of benzene rings is 1. The molecule has 0 aliphatic heterocycles. The van der Waals surface area contributed by atoms with E-state index in [1.54, 1.807) is 24.3 Å². The summed E-state index contributed by atoms with van der Waals surface area (Å²) in [6.45, 7) is 8.86. The second kappa shape index (κ2) is 8.83. The largest absolute Gasteiger partial charge is 0.393 e. The number of allylic oxidation sites excluding steroid dienone is 3. The molecule has 3 saturated carbocycles. The zero-order chi connectivity index (χ0) is 25.2. The van der Waals surface area contributed by atoms with Crippen LogP contribution in [0.15, 0.2) is 52.5 Å². The Kier molecular flexibility index (Phi) is 6.35. The maximum Gasteiger partial charge on any atom is 0.296 e. The lowest BCUT2D eigenvalue weighted by atomic mass is 9.49. The van der Waals surface area contributed by atoms with Gasteiger partial charge in [-0.25, -0.2) is 0 Å². The summed E-state index contributed by atoms with van der Waals surface area (Å²) in [5, 5.41) is 21.3. The lowest BCUT2D eigenvalue weighted by Crippen LogP contribution is -2.52. The third-order valence-corrected chi connectivity index (χ3v) is 11.5. The molecule has 5 nitrogen and oxygen atoms in total. The molecule has 0 saturated heterocycles. The zero-order valence-electron chi connectivity index (χ0n) is 21.4. The molecule has 4 aliphatic carbocycles. The van der Waals surface area contributed by atoms with Crippen molar-refractivity contribution in [3.8, 4) is 0 Å². The highest BCUT2D eigenvalue weighted by molar-refractivity contribution is 7.86. The molecule has 0 radical (unpaired) electrons. The molecule has 2 N–H and O–H groups in total. The molecule has 3 fully saturated rings. The highest BCUT2D eigenvalue weighted by Crippen LogP contribution is 2.65. The van der Waals surface area contributed by atoms with E-state index in [9.17, 15) is 18.6 Å². The normalized spacial score (nSPS) is 39.7. The molecule has 1 aromatic rings. The first-order valence-electron chi connectivity index (χ1n) is 13.2. The van der Waals surface area contributed by atoms with E-state index in [1.165, 1.54) is 11.1 Å². The van der Waals surface area contributed by atoms with E-state index in [-0.39, 0.29) is 28.3 Å². The van der Waals surface area contributed by atoms with Gasteiger partial charge in [0.05, 0.1) is 23.7 Å². The molecule has 5 rings (SSSR count). The van der Waals surface area contributed by atoms with Gasteiger partial charge in [0, 0.05) is 11.8 Å². The maximum atomic E-state index is 12.8. The number of fused-ring (bicyclic) bond motifs is 5. The summed E-state index contributed by atoms with van der Waals surface area (Å²) in [5.41, 5.74) is 3.48. The monoisotopic (exact) mass is 500 g/mol. The lowest BCUT2D eigenvalue weighted by molar-refractivity contribution is -0.0549. The summed E-state index contributed by atoms with van der Waals surface area (Å²) >= 11 is 0. The van der Waals surface area contributed by atoms with Crippen molar-refractivity contribution in [3.05, 3.63) is 53.1 Å². The van der Waals surface area contributed by atoms with Crippen LogP contribution in [-0.2, 0) is 14.3 Å². The molecule has 0 heterocycles. The maximum absolute atomic E-state index is 12.8. The second-order valence-electron chi connectivity index (χ2n) is 12.1. The van der Waals surface area contributed by atoms with Crippen LogP contribution in [0.2, 0.25) is 0 Å². The van der Waals surface area contributed by atoms with Crippen molar-refractivity contribution in [1.29, 1.82) is 0 Å². The van der Waals surface area contributed by atoms with Crippen LogP contribution in [0.5, 0.6) is 0 Å². The molecule has 6 heteroatoms. The van der Waals surface area contributed by atoms with Gasteiger partial charge < -0.3 is 10.2 Å². The minimum Gasteiger partial charge on any atom is -0.393 e. The molecule has 0 aromatic heterocycles. The van der Waals surface area contributed by atoms with E-state index in [1.807, 2.05) is 6.92 Å². The molecule has 0 bridgehead atoms.